The maximum atomic E-state index is 13.0. The minimum Gasteiger partial charge on any atom is -0.462 e. The van der Waals surface area contributed by atoms with E-state index in [0.717, 1.165) is 58.0 Å². The number of amides is 1. The minimum atomic E-state index is -0.457. The Labute approximate surface area is 287 Å². The Morgan fingerprint density at radius 1 is 1.11 bits per heavy atom. The summed E-state index contributed by atoms with van der Waals surface area (Å²) < 4.78 is 17.0. The standard InChI is InChI=1S/C31H40Cl2N8O5S/c1-4-45-30(43)28-26(21-14-35-23(15-34-21)40-11-9-39(10-12-40)16-19-6-5-13-46-19)38-31(47-28)41-8-7-20(22(17-41)44-3)37-29(42)27-25(33)24(32)18(2)36-27/h14-15,19-20,22,36H,4-13,16-17H2,1-3H3,(H,37,42)/t19?,20-,22+/m1/s1. The van der Waals surface area contributed by atoms with Gasteiger partial charge in [0.2, 0.25) is 0 Å². The maximum absolute atomic E-state index is 13.0. The van der Waals surface area contributed by atoms with Gasteiger partial charge in [0.15, 0.2) is 5.13 Å². The molecule has 0 bridgehead atoms. The molecule has 6 heterocycles. The second-order valence-corrected chi connectivity index (χ2v) is 13.7. The number of anilines is 2. The summed E-state index contributed by atoms with van der Waals surface area (Å²) >= 11 is 13.7. The number of ether oxygens (including phenoxy) is 3. The van der Waals surface area contributed by atoms with Crippen LogP contribution in [0.2, 0.25) is 10.0 Å². The van der Waals surface area contributed by atoms with Crippen LogP contribution in [0.4, 0.5) is 10.9 Å². The van der Waals surface area contributed by atoms with E-state index in [1.807, 2.05) is 4.90 Å². The van der Waals surface area contributed by atoms with E-state index in [4.69, 9.17) is 52.4 Å². The fraction of sp³-hybridized carbons (Fsp3) is 0.581. The molecule has 3 saturated heterocycles. The van der Waals surface area contributed by atoms with Crippen LogP contribution in [0.15, 0.2) is 12.4 Å². The Kier molecular flexibility index (Phi) is 10.8. The fourth-order valence-corrected chi connectivity index (χ4v) is 7.68. The molecule has 13 nitrogen and oxygen atoms in total. The zero-order valence-corrected chi connectivity index (χ0v) is 29.1. The van der Waals surface area contributed by atoms with Crippen molar-refractivity contribution < 1.29 is 23.8 Å². The molecule has 3 aliphatic rings. The molecule has 2 N–H and O–H groups in total. The molecule has 0 aliphatic carbocycles. The third-order valence-electron chi connectivity index (χ3n) is 8.87. The van der Waals surface area contributed by atoms with Crippen LogP contribution < -0.4 is 15.1 Å². The molecule has 0 aromatic carbocycles. The molecule has 254 valence electrons. The molecule has 0 spiro atoms. The van der Waals surface area contributed by atoms with Crippen molar-refractivity contribution >= 4 is 57.4 Å². The topological polar surface area (TPSA) is 138 Å². The number of hydrogen-bond donors (Lipinski definition) is 2. The van der Waals surface area contributed by atoms with E-state index in [1.165, 1.54) is 11.3 Å². The van der Waals surface area contributed by atoms with Crippen molar-refractivity contribution in [2.24, 2.45) is 0 Å². The Bertz CT molecular complexity index is 1560. The number of H-pyrrole nitrogens is 1. The van der Waals surface area contributed by atoms with E-state index in [9.17, 15) is 9.59 Å². The molecule has 3 aliphatic heterocycles. The van der Waals surface area contributed by atoms with Crippen LogP contribution >= 0.6 is 34.5 Å². The number of aromatic amines is 1. The van der Waals surface area contributed by atoms with E-state index >= 15 is 0 Å². The van der Waals surface area contributed by atoms with E-state index in [-0.39, 0.29) is 35.4 Å². The van der Waals surface area contributed by atoms with Gasteiger partial charge in [-0.3, -0.25) is 9.69 Å². The molecule has 47 heavy (non-hydrogen) atoms. The SMILES string of the molecule is CCOC(=O)c1sc(N2CC[C@@H](NC(=O)c3[nH]c(C)c(Cl)c3Cl)[C@@H](OC)C2)nc1-c1cnc(N2CCN(CC3CCCO3)CC2)cn1. The lowest BCUT2D eigenvalue weighted by Crippen LogP contribution is -2.55. The van der Waals surface area contributed by atoms with Gasteiger partial charge in [0, 0.05) is 65.2 Å². The van der Waals surface area contributed by atoms with Gasteiger partial charge in [0.1, 0.15) is 27.8 Å². The number of piperidine rings is 1. The van der Waals surface area contributed by atoms with Crippen molar-refractivity contribution in [3.63, 3.8) is 0 Å². The normalized spacial score (nSPS) is 22.1. The zero-order chi connectivity index (χ0) is 33.1. The number of nitrogens with one attached hydrogen (secondary N) is 2. The van der Waals surface area contributed by atoms with Gasteiger partial charge < -0.3 is 34.3 Å². The lowest BCUT2D eigenvalue weighted by Gasteiger charge is -2.37. The predicted octanol–water partition coefficient (Wildman–Crippen LogP) is 4.04. The average molecular weight is 708 g/mol. The van der Waals surface area contributed by atoms with Crippen LogP contribution in [0, 0.1) is 6.92 Å². The van der Waals surface area contributed by atoms with Gasteiger partial charge in [-0.05, 0) is 33.1 Å². The van der Waals surface area contributed by atoms with Crippen LogP contribution in [0.1, 0.15) is 52.0 Å². The number of thiazole rings is 1. The van der Waals surface area contributed by atoms with Crippen LogP contribution in [0.25, 0.3) is 11.4 Å². The monoisotopic (exact) mass is 706 g/mol. The number of methoxy groups -OCH3 is 1. The van der Waals surface area contributed by atoms with Crippen molar-refractivity contribution in [3.8, 4) is 11.4 Å². The Morgan fingerprint density at radius 2 is 1.91 bits per heavy atom. The Morgan fingerprint density at radius 3 is 2.55 bits per heavy atom. The maximum Gasteiger partial charge on any atom is 0.350 e. The Hall–Kier alpha value is -3.01. The summed E-state index contributed by atoms with van der Waals surface area (Å²) in [5.74, 6) is -0.0142. The first-order valence-corrected chi connectivity index (χ1v) is 17.5. The van der Waals surface area contributed by atoms with Crippen molar-refractivity contribution in [3.05, 3.63) is 38.7 Å². The Balaban J connectivity index is 1.13. The van der Waals surface area contributed by atoms with Crippen LogP contribution in [0.3, 0.4) is 0 Å². The van der Waals surface area contributed by atoms with Crippen LogP contribution in [-0.2, 0) is 14.2 Å². The fourth-order valence-electron chi connectivity index (χ4n) is 6.26. The zero-order valence-electron chi connectivity index (χ0n) is 26.8. The minimum absolute atomic E-state index is 0.193. The molecule has 1 unspecified atom stereocenters. The van der Waals surface area contributed by atoms with E-state index in [0.29, 0.717) is 57.7 Å². The molecule has 16 heteroatoms. The molecule has 1 amide bonds. The number of carbonyl (C=O) groups excluding carboxylic acids is 2. The van der Waals surface area contributed by atoms with Gasteiger partial charge in [0.05, 0.1) is 47.3 Å². The summed E-state index contributed by atoms with van der Waals surface area (Å²) in [6, 6.07) is -0.275. The molecular formula is C31H40Cl2N8O5S. The second-order valence-electron chi connectivity index (χ2n) is 11.9. The number of aryl methyl sites for hydroxylation is 1. The molecule has 6 rings (SSSR count). The summed E-state index contributed by atoms with van der Waals surface area (Å²) in [5.41, 5.74) is 1.78. The van der Waals surface area contributed by atoms with E-state index in [1.54, 1.807) is 33.4 Å². The van der Waals surface area contributed by atoms with E-state index < -0.39 is 5.97 Å². The van der Waals surface area contributed by atoms with Crippen LogP contribution in [-0.4, -0.2) is 121 Å². The lowest BCUT2D eigenvalue weighted by molar-refractivity contribution is 0.0531. The first-order valence-electron chi connectivity index (χ1n) is 16.0. The number of hydrogen-bond acceptors (Lipinski definition) is 12. The van der Waals surface area contributed by atoms with Gasteiger partial charge in [0.25, 0.3) is 5.91 Å². The smallest absolute Gasteiger partial charge is 0.350 e. The number of halogens is 2. The second kappa shape index (κ2) is 15.0. The molecule has 3 atom stereocenters. The van der Waals surface area contributed by atoms with Gasteiger partial charge in [-0.2, -0.15) is 0 Å². The van der Waals surface area contributed by atoms with Gasteiger partial charge in [-0.15, -0.1) is 0 Å². The third-order valence-corrected chi connectivity index (χ3v) is 10.9. The highest BCUT2D eigenvalue weighted by atomic mass is 35.5. The predicted molar refractivity (Wildman–Crippen MR) is 181 cm³/mol. The highest BCUT2D eigenvalue weighted by Crippen LogP contribution is 2.35. The molecule has 3 aromatic rings. The first-order chi connectivity index (χ1) is 22.7. The lowest BCUT2D eigenvalue weighted by atomic mass is 10.0. The molecule has 3 fully saturated rings. The highest BCUT2D eigenvalue weighted by Gasteiger charge is 2.34. The van der Waals surface area contributed by atoms with Crippen molar-refractivity contribution in [2.75, 3.05) is 75.9 Å². The number of carbonyl (C=O) groups is 2. The number of esters is 1. The number of nitrogens with zero attached hydrogens (tertiary/aromatic N) is 6. The summed E-state index contributed by atoms with van der Waals surface area (Å²) in [5, 5.41) is 4.19. The molecule has 0 saturated carbocycles. The number of aromatic nitrogens is 4. The number of piperazine rings is 1. The summed E-state index contributed by atoms with van der Waals surface area (Å²) in [7, 11) is 1.61. The summed E-state index contributed by atoms with van der Waals surface area (Å²) in [4.78, 5) is 50.4. The average Bonchev–Trinajstić information content (AvgIpc) is 3.83. The summed E-state index contributed by atoms with van der Waals surface area (Å²) in [6.07, 6.45) is 6.30. The van der Waals surface area contributed by atoms with Crippen molar-refractivity contribution in [1.82, 2.24) is 30.2 Å². The van der Waals surface area contributed by atoms with Gasteiger partial charge in [-0.25, -0.2) is 19.7 Å². The molecule has 3 aromatic heterocycles. The van der Waals surface area contributed by atoms with Gasteiger partial charge in [-0.1, -0.05) is 34.5 Å². The molecule has 0 radical (unpaired) electrons. The van der Waals surface area contributed by atoms with E-state index in [2.05, 4.69) is 20.1 Å². The quantitative estimate of drug-likeness (QED) is 0.296. The summed E-state index contributed by atoms with van der Waals surface area (Å²) in [6.45, 7) is 10.2. The first kappa shape index (κ1) is 33.9. The largest absolute Gasteiger partial charge is 0.462 e. The third kappa shape index (κ3) is 7.52. The number of rotatable bonds is 10. The highest BCUT2D eigenvalue weighted by molar-refractivity contribution is 7.17. The van der Waals surface area contributed by atoms with Gasteiger partial charge >= 0.3 is 5.97 Å². The van der Waals surface area contributed by atoms with Crippen molar-refractivity contribution in [2.45, 2.75) is 51.4 Å². The molecular weight excluding hydrogens is 667 g/mol. The van der Waals surface area contributed by atoms with Crippen molar-refractivity contribution in [1.29, 1.82) is 0 Å². The van der Waals surface area contributed by atoms with Crippen LogP contribution in [0.5, 0.6) is 0 Å².